The molecule has 1 heterocycles. The van der Waals surface area contributed by atoms with Gasteiger partial charge in [0.05, 0.1) is 5.52 Å². The van der Waals surface area contributed by atoms with E-state index >= 15 is 0 Å². The molecule has 0 radical (unpaired) electrons. The molecule has 0 saturated heterocycles. The molecule has 0 unspecified atom stereocenters. The first kappa shape index (κ1) is 15.0. The molecule has 0 bridgehead atoms. The molecule has 0 aliphatic heterocycles. The van der Waals surface area contributed by atoms with E-state index < -0.39 is 0 Å². The summed E-state index contributed by atoms with van der Waals surface area (Å²) in [5.41, 5.74) is 3.53. The second-order valence-corrected chi connectivity index (χ2v) is 6.63. The Balaban J connectivity index is 1.84. The van der Waals surface area contributed by atoms with E-state index in [0.29, 0.717) is 5.78 Å². The Kier molecular flexibility index (Phi) is 4.10. The van der Waals surface area contributed by atoms with E-state index in [1.807, 2.05) is 0 Å². The number of carbonyl (C=O) groups is 1. The van der Waals surface area contributed by atoms with Gasteiger partial charge in [-0.1, -0.05) is 44.2 Å². The van der Waals surface area contributed by atoms with Crippen LogP contribution in [-0.2, 0) is 11.2 Å². The van der Waals surface area contributed by atoms with Crippen LogP contribution in [0.25, 0.3) is 17.0 Å². The van der Waals surface area contributed by atoms with Gasteiger partial charge in [-0.05, 0) is 42.4 Å². The normalized spacial score (nSPS) is 18.2. The second kappa shape index (κ2) is 6.04. The highest BCUT2D eigenvalue weighted by Gasteiger charge is 2.27. The number of nitrogens with zero attached hydrogens (tertiary/aromatic N) is 1. The SMILES string of the molecule is CCc1ccc2ccc(/C=C/C3(C)CCC(=O)CC3)cc2n1. The molecule has 0 amide bonds. The van der Waals surface area contributed by atoms with Crippen molar-refractivity contribution in [3.63, 3.8) is 0 Å². The maximum atomic E-state index is 11.4. The minimum absolute atomic E-state index is 0.154. The number of carbonyl (C=O) groups excluding carboxylic acids is 1. The lowest BCUT2D eigenvalue weighted by Gasteiger charge is -2.29. The highest BCUT2D eigenvalue weighted by atomic mass is 16.1. The number of hydrogen-bond acceptors (Lipinski definition) is 2. The van der Waals surface area contributed by atoms with Crippen molar-refractivity contribution in [1.82, 2.24) is 4.98 Å². The van der Waals surface area contributed by atoms with Gasteiger partial charge in [-0.2, -0.15) is 0 Å². The molecule has 22 heavy (non-hydrogen) atoms. The quantitative estimate of drug-likeness (QED) is 0.800. The topological polar surface area (TPSA) is 30.0 Å². The molecule has 1 aliphatic rings. The van der Waals surface area contributed by atoms with Crippen molar-refractivity contribution in [3.05, 3.63) is 47.7 Å². The lowest BCUT2D eigenvalue weighted by molar-refractivity contribution is -0.121. The predicted octanol–water partition coefficient (Wildman–Crippen LogP) is 4.96. The Morgan fingerprint density at radius 2 is 1.91 bits per heavy atom. The number of pyridine rings is 1. The van der Waals surface area contributed by atoms with Crippen molar-refractivity contribution >= 4 is 22.8 Å². The summed E-state index contributed by atoms with van der Waals surface area (Å²) in [5.74, 6) is 0.410. The van der Waals surface area contributed by atoms with Gasteiger partial charge in [0.25, 0.3) is 0 Å². The number of rotatable bonds is 3. The molecule has 1 aromatic heterocycles. The molecule has 1 aromatic carbocycles. The Hall–Kier alpha value is -1.96. The first-order valence-corrected chi connectivity index (χ1v) is 8.19. The van der Waals surface area contributed by atoms with Gasteiger partial charge >= 0.3 is 0 Å². The molecule has 2 nitrogen and oxygen atoms in total. The van der Waals surface area contributed by atoms with Gasteiger partial charge in [0.2, 0.25) is 0 Å². The van der Waals surface area contributed by atoms with Gasteiger partial charge in [-0.15, -0.1) is 0 Å². The van der Waals surface area contributed by atoms with Crippen LogP contribution in [-0.4, -0.2) is 10.8 Å². The van der Waals surface area contributed by atoms with Crippen LogP contribution in [0.3, 0.4) is 0 Å². The smallest absolute Gasteiger partial charge is 0.132 e. The molecule has 1 saturated carbocycles. The van der Waals surface area contributed by atoms with Crippen LogP contribution in [0.1, 0.15) is 50.8 Å². The minimum Gasteiger partial charge on any atom is -0.300 e. The summed E-state index contributed by atoms with van der Waals surface area (Å²) < 4.78 is 0. The minimum atomic E-state index is 0.154. The standard InChI is InChI=1S/C20H23NO/c1-3-17-7-6-16-5-4-15(14-19(16)21-17)8-11-20(2)12-9-18(22)10-13-20/h4-8,11,14H,3,9-10,12-13H2,1-2H3/b11-8+. The van der Waals surface area contributed by atoms with Crippen molar-refractivity contribution in [3.8, 4) is 0 Å². The first-order valence-electron chi connectivity index (χ1n) is 8.19. The monoisotopic (exact) mass is 293 g/mol. The summed E-state index contributed by atoms with van der Waals surface area (Å²) in [4.78, 5) is 16.1. The van der Waals surface area contributed by atoms with Gasteiger partial charge in [-0.25, -0.2) is 0 Å². The molecule has 3 rings (SSSR count). The van der Waals surface area contributed by atoms with E-state index in [4.69, 9.17) is 4.98 Å². The molecular weight excluding hydrogens is 270 g/mol. The molecule has 2 aromatic rings. The van der Waals surface area contributed by atoms with E-state index in [2.05, 4.69) is 56.3 Å². The van der Waals surface area contributed by atoms with Gasteiger partial charge in [0.1, 0.15) is 5.78 Å². The Bertz CT molecular complexity index is 720. The Morgan fingerprint density at radius 3 is 2.64 bits per heavy atom. The highest BCUT2D eigenvalue weighted by molar-refractivity contribution is 5.81. The fourth-order valence-electron chi connectivity index (χ4n) is 3.04. The van der Waals surface area contributed by atoms with E-state index in [1.54, 1.807) is 0 Å². The number of hydrogen-bond donors (Lipinski definition) is 0. The van der Waals surface area contributed by atoms with Crippen molar-refractivity contribution in [2.24, 2.45) is 5.41 Å². The second-order valence-electron chi connectivity index (χ2n) is 6.63. The number of allylic oxidation sites excluding steroid dienone is 1. The van der Waals surface area contributed by atoms with E-state index in [-0.39, 0.29) is 5.41 Å². The Labute approximate surface area is 132 Å². The van der Waals surface area contributed by atoms with Crippen LogP contribution in [0.4, 0.5) is 0 Å². The number of aryl methyl sites for hydroxylation is 1. The molecular formula is C20H23NO. The average molecular weight is 293 g/mol. The van der Waals surface area contributed by atoms with Crippen LogP contribution in [0.15, 0.2) is 36.4 Å². The fourth-order valence-corrected chi connectivity index (χ4v) is 3.04. The summed E-state index contributed by atoms with van der Waals surface area (Å²) in [7, 11) is 0. The van der Waals surface area contributed by atoms with Gasteiger partial charge in [0, 0.05) is 23.9 Å². The maximum Gasteiger partial charge on any atom is 0.132 e. The Morgan fingerprint density at radius 1 is 1.18 bits per heavy atom. The molecule has 114 valence electrons. The number of benzene rings is 1. The molecule has 0 atom stereocenters. The summed E-state index contributed by atoms with van der Waals surface area (Å²) in [6.07, 6.45) is 8.81. The summed E-state index contributed by atoms with van der Waals surface area (Å²) >= 11 is 0. The predicted molar refractivity (Wildman–Crippen MR) is 91.7 cm³/mol. The van der Waals surface area contributed by atoms with Crippen LogP contribution in [0.5, 0.6) is 0 Å². The van der Waals surface area contributed by atoms with Gasteiger partial charge < -0.3 is 0 Å². The van der Waals surface area contributed by atoms with E-state index in [0.717, 1.165) is 43.3 Å². The van der Waals surface area contributed by atoms with Gasteiger partial charge in [0.15, 0.2) is 0 Å². The van der Waals surface area contributed by atoms with Gasteiger partial charge in [-0.3, -0.25) is 9.78 Å². The van der Waals surface area contributed by atoms with E-state index in [1.165, 1.54) is 10.9 Å². The third kappa shape index (κ3) is 3.27. The van der Waals surface area contributed by atoms with E-state index in [9.17, 15) is 4.79 Å². The van der Waals surface area contributed by atoms with Crippen LogP contribution in [0, 0.1) is 5.41 Å². The largest absolute Gasteiger partial charge is 0.300 e. The number of aromatic nitrogens is 1. The average Bonchev–Trinajstić information content (AvgIpc) is 2.55. The third-order valence-electron chi connectivity index (χ3n) is 4.76. The summed E-state index contributed by atoms with van der Waals surface area (Å²) in [6, 6.07) is 10.7. The highest BCUT2D eigenvalue weighted by Crippen LogP contribution is 2.36. The fraction of sp³-hybridized carbons (Fsp3) is 0.400. The van der Waals surface area contributed by atoms with Crippen molar-refractivity contribution in [1.29, 1.82) is 0 Å². The third-order valence-corrected chi connectivity index (χ3v) is 4.76. The molecule has 1 aliphatic carbocycles. The number of Topliss-reactive ketones (excluding diaryl/α,β-unsaturated/α-hetero) is 1. The lowest BCUT2D eigenvalue weighted by atomic mass is 9.75. The molecule has 0 spiro atoms. The maximum absolute atomic E-state index is 11.4. The van der Waals surface area contributed by atoms with Crippen molar-refractivity contribution in [2.45, 2.75) is 46.0 Å². The van der Waals surface area contributed by atoms with Crippen LogP contribution < -0.4 is 0 Å². The number of fused-ring (bicyclic) bond motifs is 1. The van der Waals surface area contributed by atoms with Crippen LogP contribution in [0.2, 0.25) is 0 Å². The van der Waals surface area contributed by atoms with Crippen LogP contribution >= 0.6 is 0 Å². The van der Waals surface area contributed by atoms with Crippen molar-refractivity contribution in [2.75, 3.05) is 0 Å². The zero-order valence-electron chi connectivity index (χ0n) is 13.4. The molecule has 1 fully saturated rings. The van der Waals surface area contributed by atoms with Crippen molar-refractivity contribution < 1.29 is 4.79 Å². The molecule has 0 N–H and O–H groups in total. The lowest BCUT2D eigenvalue weighted by Crippen LogP contribution is -2.22. The zero-order valence-corrected chi connectivity index (χ0v) is 13.4. The zero-order chi connectivity index (χ0) is 15.6. The molecule has 2 heteroatoms. The summed E-state index contributed by atoms with van der Waals surface area (Å²) in [5, 5.41) is 1.18. The first-order chi connectivity index (χ1) is 10.6. The summed E-state index contributed by atoms with van der Waals surface area (Å²) in [6.45, 7) is 4.38. The number of ketones is 1.